The summed E-state index contributed by atoms with van der Waals surface area (Å²) in [6.07, 6.45) is 3.05. The second-order valence-corrected chi connectivity index (χ2v) is 7.61. The number of rotatable bonds is 8. The van der Waals surface area contributed by atoms with Gasteiger partial charge < -0.3 is 5.32 Å². The van der Waals surface area contributed by atoms with E-state index in [0.29, 0.717) is 6.54 Å². The highest BCUT2D eigenvalue weighted by molar-refractivity contribution is 7.89. The van der Waals surface area contributed by atoms with Gasteiger partial charge in [0.15, 0.2) is 0 Å². The van der Waals surface area contributed by atoms with Crippen molar-refractivity contribution < 1.29 is 13.2 Å². The number of aryl methyl sites for hydroxylation is 2. The molecule has 1 aromatic rings. The standard InChI is InChI=1S/C16H26N2O3S/c1-5-6-7-10-17-16(19)12-18(4)22(20,21)15-9-8-13(2)14(3)11-15/h8-9,11H,5-7,10,12H2,1-4H3,(H,17,19). The number of carbonyl (C=O) groups is 1. The Morgan fingerprint density at radius 1 is 1.18 bits per heavy atom. The van der Waals surface area contributed by atoms with Crippen LogP contribution in [0.1, 0.15) is 37.3 Å². The van der Waals surface area contributed by atoms with Crippen molar-refractivity contribution in [1.29, 1.82) is 0 Å². The number of likely N-dealkylation sites (N-methyl/N-ethyl adjacent to an activating group) is 1. The number of hydrogen-bond acceptors (Lipinski definition) is 3. The zero-order valence-electron chi connectivity index (χ0n) is 13.8. The predicted octanol–water partition coefficient (Wildman–Crippen LogP) is 2.23. The molecule has 0 radical (unpaired) electrons. The van der Waals surface area contributed by atoms with Crippen LogP contribution in [0.3, 0.4) is 0 Å². The average molecular weight is 326 g/mol. The van der Waals surface area contributed by atoms with E-state index in [1.807, 2.05) is 13.8 Å². The summed E-state index contributed by atoms with van der Waals surface area (Å²) < 4.78 is 26.0. The van der Waals surface area contributed by atoms with Crippen molar-refractivity contribution in [2.24, 2.45) is 0 Å². The number of carbonyl (C=O) groups excluding carboxylic acids is 1. The average Bonchev–Trinajstić information content (AvgIpc) is 2.46. The van der Waals surface area contributed by atoms with Gasteiger partial charge in [-0.05, 0) is 43.5 Å². The Hall–Kier alpha value is -1.40. The molecule has 0 saturated heterocycles. The van der Waals surface area contributed by atoms with Crippen LogP contribution >= 0.6 is 0 Å². The molecular formula is C16H26N2O3S. The Labute approximate surface area is 133 Å². The minimum Gasteiger partial charge on any atom is -0.355 e. The molecule has 0 atom stereocenters. The SMILES string of the molecule is CCCCCNC(=O)CN(C)S(=O)(=O)c1ccc(C)c(C)c1. The lowest BCUT2D eigenvalue weighted by atomic mass is 10.1. The molecule has 0 aromatic heterocycles. The van der Waals surface area contributed by atoms with Crippen LogP contribution in [0.5, 0.6) is 0 Å². The van der Waals surface area contributed by atoms with Gasteiger partial charge in [-0.3, -0.25) is 4.79 Å². The van der Waals surface area contributed by atoms with Crippen LogP contribution < -0.4 is 5.32 Å². The number of hydrogen-bond donors (Lipinski definition) is 1. The number of nitrogens with zero attached hydrogens (tertiary/aromatic N) is 1. The highest BCUT2D eigenvalue weighted by Crippen LogP contribution is 2.17. The van der Waals surface area contributed by atoms with E-state index in [1.54, 1.807) is 18.2 Å². The second kappa shape index (κ2) is 8.29. The zero-order valence-corrected chi connectivity index (χ0v) is 14.7. The summed E-state index contributed by atoms with van der Waals surface area (Å²) in [6, 6.07) is 4.99. The largest absolute Gasteiger partial charge is 0.355 e. The van der Waals surface area contributed by atoms with Gasteiger partial charge in [-0.2, -0.15) is 4.31 Å². The lowest BCUT2D eigenvalue weighted by molar-refractivity contribution is -0.121. The quantitative estimate of drug-likeness (QED) is 0.745. The molecule has 0 aliphatic carbocycles. The first-order valence-corrected chi connectivity index (χ1v) is 9.03. The van der Waals surface area contributed by atoms with Gasteiger partial charge in [0.2, 0.25) is 15.9 Å². The summed E-state index contributed by atoms with van der Waals surface area (Å²) in [5.74, 6) is -0.272. The molecule has 6 heteroatoms. The smallest absolute Gasteiger partial charge is 0.243 e. The zero-order chi connectivity index (χ0) is 16.8. The van der Waals surface area contributed by atoms with Crippen LogP contribution in [0.25, 0.3) is 0 Å². The van der Waals surface area contributed by atoms with Gasteiger partial charge in [-0.25, -0.2) is 8.42 Å². The molecule has 0 saturated carbocycles. The summed E-state index contributed by atoms with van der Waals surface area (Å²) >= 11 is 0. The van der Waals surface area contributed by atoms with Crippen molar-refractivity contribution in [3.8, 4) is 0 Å². The fraction of sp³-hybridized carbons (Fsp3) is 0.562. The van der Waals surface area contributed by atoms with E-state index >= 15 is 0 Å². The molecule has 0 fully saturated rings. The van der Waals surface area contributed by atoms with Crippen LogP contribution in [0.4, 0.5) is 0 Å². The van der Waals surface area contributed by atoms with E-state index in [0.717, 1.165) is 34.7 Å². The minimum absolute atomic E-state index is 0.165. The highest BCUT2D eigenvalue weighted by atomic mass is 32.2. The molecule has 0 heterocycles. The third-order valence-corrected chi connectivity index (χ3v) is 5.45. The Morgan fingerprint density at radius 2 is 1.86 bits per heavy atom. The van der Waals surface area contributed by atoms with Crippen LogP contribution in [0.15, 0.2) is 23.1 Å². The lowest BCUT2D eigenvalue weighted by Gasteiger charge is -2.17. The summed E-state index contributed by atoms with van der Waals surface area (Å²) in [4.78, 5) is 12.0. The van der Waals surface area contributed by atoms with Gasteiger partial charge in [-0.1, -0.05) is 25.8 Å². The molecule has 5 nitrogen and oxygen atoms in total. The number of amides is 1. The van der Waals surface area contributed by atoms with E-state index in [2.05, 4.69) is 12.2 Å². The maximum absolute atomic E-state index is 12.5. The summed E-state index contributed by atoms with van der Waals surface area (Å²) in [5, 5.41) is 2.75. The van der Waals surface area contributed by atoms with Crippen LogP contribution in [0, 0.1) is 13.8 Å². The van der Waals surface area contributed by atoms with E-state index in [4.69, 9.17) is 0 Å². The van der Waals surface area contributed by atoms with E-state index < -0.39 is 10.0 Å². The lowest BCUT2D eigenvalue weighted by Crippen LogP contribution is -2.38. The normalized spacial score (nSPS) is 11.7. The van der Waals surface area contributed by atoms with Gasteiger partial charge in [0.05, 0.1) is 11.4 Å². The van der Waals surface area contributed by atoms with Crippen molar-refractivity contribution in [2.75, 3.05) is 20.1 Å². The first-order chi connectivity index (χ1) is 10.3. The van der Waals surface area contributed by atoms with Crippen molar-refractivity contribution in [3.05, 3.63) is 29.3 Å². The predicted molar refractivity (Wildman–Crippen MR) is 88.3 cm³/mol. The summed E-state index contributed by atoms with van der Waals surface area (Å²) in [7, 11) is -2.21. The monoisotopic (exact) mass is 326 g/mol. The molecule has 1 N–H and O–H groups in total. The van der Waals surface area contributed by atoms with E-state index in [1.165, 1.54) is 7.05 Å². The summed E-state index contributed by atoms with van der Waals surface area (Å²) in [5.41, 5.74) is 1.95. The number of benzene rings is 1. The molecule has 22 heavy (non-hydrogen) atoms. The molecular weight excluding hydrogens is 300 g/mol. The Bertz CT molecular complexity index is 612. The molecule has 1 amide bonds. The minimum atomic E-state index is -3.64. The molecule has 0 aliphatic rings. The fourth-order valence-corrected chi connectivity index (χ4v) is 3.21. The summed E-state index contributed by atoms with van der Waals surface area (Å²) in [6.45, 7) is 6.31. The first kappa shape index (κ1) is 18.6. The van der Waals surface area contributed by atoms with Crippen LogP contribution in [-0.4, -0.2) is 38.8 Å². The fourth-order valence-electron chi connectivity index (χ4n) is 2.00. The van der Waals surface area contributed by atoms with Crippen molar-refractivity contribution in [3.63, 3.8) is 0 Å². The van der Waals surface area contributed by atoms with Crippen molar-refractivity contribution in [2.45, 2.75) is 44.9 Å². The molecule has 1 aromatic carbocycles. The molecule has 0 spiro atoms. The van der Waals surface area contributed by atoms with Crippen molar-refractivity contribution in [1.82, 2.24) is 9.62 Å². The Morgan fingerprint density at radius 3 is 2.45 bits per heavy atom. The van der Waals surface area contributed by atoms with Gasteiger partial charge in [0, 0.05) is 13.6 Å². The molecule has 124 valence electrons. The second-order valence-electron chi connectivity index (χ2n) is 5.56. The maximum Gasteiger partial charge on any atom is 0.243 e. The van der Waals surface area contributed by atoms with E-state index in [9.17, 15) is 13.2 Å². The van der Waals surface area contributed by atoms with Gasteiger partial charge in [0.1, 0.15) is 0 Å². The van der Waals surface area contributed by atoms with Crippen LogP contribution in [0.2, 0.25) is 0 Å². The molecule has 0 bridgehead atoms. The maximum atomic E-state index is 12.5. The Balaban J connectivity index is 2.68. The molecule has 0 aliphatic heterocycles. The topological polar surface area (TPSA) is 66.5 Å². The third kappa shape index (κ3) is 5.10. The van der Waals surface area contributed by atoms with Crippen LogP contribution in [-0.2, 0) is 14.8 Å². The Kier molecular flexibility index (Phi) is 7.03. The highest BCUT2D eigenvalue weighted by Gasteiger charge is 2.23. The van der Waals surface area contributed by atoms with Crippen molar-refractivity contribution >= 4 is 15.9 Å². The van der Waals surface area contributed by atoms with Gasteiger partial charge >= 0.3 is 0 Å². The van der Waals surface area contributed by atoms with Gasteiger partial charge in [-0.15, -0.1) is 0 Å². The third-order valence-electron chi connectivity index (χ3n) is 3.66. The molecule has 1 rings (SSSR count). The van der Waals surface area contributed by atoms with E-state index in [-0.39, 0.29) is 17.3 Å². The number of nitrogens with one attached hydrogen (secondary N) is 1. The molecule has 0 unspecified atom stereocenters. The first-order valence-electron chi connectivity index (χ1n) is 7.59. The van der Waals surface area contributed by atoms with Gasteiger partial charge in [0.25, 0.3) is 0 Å². The number of sulfonamides is 1. The number of unbranched alkanes of at least 4 members (excludes halogenated alkanes) is 2.